The summed E-state index contributed by atoms with van der Waals surface area (Å²) in [4.78, 5) is 20.1. The van der Waals surface area contributed by atoms with Gasteiger partial charge in [-0.25, -0.2) is 9.50 Å². The number of rotatable bonds is 4. The first-order chi connectivity index (χ1) is 13.2. The number of hydrogen-bond acceptors (Lipinski definition) is 4. The molecule has 0 radical (unpaired) electrons. The summed E-state index contributed by atoms with van der Waals surface area (Å²) in [5, 5.41) is 4.65. The molecule has 0 spiro atoms. The van der Waals surface area contributed by atoms with E-state index in [1.807, 2.05) is 48.3 Å². The minimum Gasteiger partial charge on any atom is -0.497 e. The lowest BCUT2D eigenvalue weighted by molar-refractivity contribution is 0.415. The summed E-state index contributed by atoms with van der Waals surface area (Å²) >= 11 is 0. The maximum Gasteiger partial charge on any atom is 0.275 e. The van der Waals surface area contributed by atoms with Crippen LogP contribution in [-0.4, -0.2) is 31.3 Å². The van der Waals surface area contributed by atoms with Crippen LogP contribution in [0, 0.1) is 0 Å². The van der Waals surface area contributed by atoms with E-state index >= 15 is 0 Å². The molecule has 0 aliphatic heterocycles. The van der Waals surface area contributed by atoms with Gasteiger partial charge in [0.25, 0.3) is 5.56 Å². The summed E-state index contributed by atoms with van der Waals surface area (Å²) in [6.07, 6.45) is 7.65. The summed E-state index contributed by atoms with van der Waals surface area (Å²) in [6.45, 7) is 0. The third-order valence-corrected chi connectivity index (χ3v) is 5.08. The number of hydrogen-bond donors (Lipinski definition) is 1. The minimum atomic E-state index is -0.140. The van der Waals surface area contributed by atoms with Crippen LogP contribution in [0.15, 0.2) is 47.7 Å². The first kappa shape index (κ1) is 15.9. The Labute approximate surface area is 155 Å². The van der Waals surface area contributed by atoms with Gasteiger partial charge in [0.15, 0.2) is 11.6 Å². The number of benzene rings is 1. The Hall–Kier alpha value is -3.35. The molecule has 0 unspecified atom stereocenters. The molecule has 7 nitrogen and oxygen atoms in total. The average Bonchev–Trinajstić information content (AvgIpc) is 3.30. The van der Waals surface area contributed by atoms with Gasteiger partial charge in [-0.2, -0.15) is 0 Å². The third kappa shape index (κ3) is 2.54. The van der Waals surface area contributed by atoms with Gasteiger partial charge in [-0.05, 0) is 42.0 Å². The highest BCUT2D eigenvalue weighted by molar-refractivity contribution is 5.78. The Kier molecular flexibility index (Phi) is 3.43. The molecule has 5 rings (SSSR count). The van der Waals surface area contributed by atoms with Crippen molar-refractivity contribution in [2.45, 2.75) is 18.8 Å². The second kappa shape index (κ2) is 5.84. The predicted octanol–water partition coefficient (Wildman–Crippen LogP) is 2.98. The molecular weight excluding hydrogens is 342 g/mol. The van der Waals surface area contributed by atoms with E-state index < -0.39 is 0 Å². The lowest BCUT2D eigenvalue weighted by Gasteiger charge is -2.05. The van der Waals surface area contributed by atoms with Crippen LogP contribution < -0.4 is 10.3 Å². The lowest BCUT2D eigenvalue weighted by atomic mass is 10.0. The van der Waals surface area contributed by atoms with Crippen LogP contribution in [0.1, 0.15) is 24.3 Å². The van der Waals surface area contributed by atoms with E-state index in [0.717, 1.165) is 35.3 Å². The van der Waals surface area contributed by atoms with Gasteiger partial charge >= 0.3 is 0 Å². The Morgan fingerprint density at radius 1 is 1.30 bits per heavy atom. The van der Waals surface area contributed by atoms with Gasteiger partial charge < -0.3 is 14.3 Å². The quantitative estimate of drug-likeness (QED) is 0.606. The Morgan fingerprint density at radius 2 is 2.15 bits per heavy atom. The summed E-state index contributed by atoms with van der Waals surface area (Å²) in [6, 6.07) is 7.91. The molecule has 0 atom stereocenters. The SMILES string of the molecule is COc1cccc(-c2cn3nc(-c4nccn4C)[nH]c(=O)c3c2C2CC2)c1. The number of methoxy groups -OCH3 is 1. The molecule has 4 aromatic rings. The molecule has 27 heavy (non-hydrogen) atoms. The largest absolute Gasteiger partial charge is 0.497 e. The molecule has 3 heterocycles. The van der Waals surface area contributed by atoms with Crippen molar-refractivity contribution in [1.82, 2.24) is 24.1 Å². The van der Waals surface area contributed by atoms with Crippen LogP contribution >= 0.6 is 0 Å². The lowest BCUT2D eigenvalue weighted by Crippen LogP contribution is -2.15. The average molecular weight is 361 g/mol. The van der Waals surface area contributed by atoms with Crippen molar-refractivity contribution >= 4 is 5.52 Å². The molecule has 0 amide bonds. The number of aryl methyl sites for hydroxylation is 1. The van der Waals surface area contributed by atoms with Crippen LogP contribution in [0.4, 0.5) is 0 Å². The van der Waals surface area contributed by atoms with Crippen LogP contribution in [0.3, 0.4) is 0 Å². The van der Waals surface area contributed by atoms with E-state index in [4.69, 9.17) is 4.74 Å². The van der Waals surface area contributed by atoms with Gasteiger partial charge in [-0.1, -0.05) is 12.1 Å². The molecule has 0 bridgehead atoms. The molecule has 0 saturated heterocycles. The fourth-order valence-corrected chi connectivity index (χ4v) is 3.61. The maximum absolute atomic E-state index is 12.9. The Morgan fingerprint density at radius 3 is 2.85 bits per heavy atom. The molecular formula is C20H19N5O2. The minimum absolute atomic E-state index is 0.140. The standard InChI is InChI=1S/C20H19N5O2/c1-24-9-8-21-19(24)18-22-20(26)17-16(12-6-7-12)15(11-25(17)23-18)13-4-3-5-14(10-13)27-2/h3-5,8-12H,6-7H2,1-2H3,(H,22,23,26). The van der Waals surface area contributed by atoms with Crippen molar-refractivity contribution in [3.05, 3.63) is 58.8 Å². The van der Waals surface area contributed by atoms with Crippen molar-refractivity contribution < 1.29 is 4.74 Å². The van der Waals surface area contributed by atoms with Crippen molar-refractivity contribution in [2.75, 3.05) is 7.11 Å². The molecule has 1 N–H and O–H groups in total. The van der Waals surface area contributed by atoms with E-state index in [9.17, 15) is 4.79 Å². The maximum atomic E-state index is 12.9. The van der Waals surface area contributed by atoms with E-state index in [-0.39, 0.29) is 5.56 Å². The third-order valence-electron chi connectivity index (χ3n) is 5.08. The molecule has 3 aromatic heterocycles. The second-order valence-corrected chi connectivity index (χ2v) is 6.92. The fraction of sp³-hybridized carbons (Fsp3) is 0.250. The number of imidazole rings is 1. The van der Waals surface area contributed by atoms with E-state index in [1.54, 1.807) is 17.8 Å². The highest BCUT2D eigenvalue weighted by atomic mass is 16.5. The fourth-order valence-electron chi connectivity index (χ4n) is 3.61. The van der Waals surface area contributed by atoms with Gasteiger partial charge in [0, 0.05) is 31.2 Å². The first-order valence-electron chi connectivity index (χ1n) is 8.93. The van der Waals surface area contributed by atoms with Crippen LogP contribution in [0.25, 0.3) is 28.3 Å². The number of aromatic amines is 1. The monoisotopic (exact) mass is 361 g/mol. The van der Waals surface area contributed by atoms with Crippen molar-refractivity contribution in [3.63, 3.8) is 0 Å². The number of aromatic nitrogens is 5. The molecule has 1 aromatic carbocycles. The molecule has 1 fully saturated rings. The Bertz CT molecular complexity index is 1210. The van der Waals surface area contributed by atoms with Crippen LogP contribution in [-0.2, 0) is 7.05 Å². The second-order valence-electron chi connectivity index (χ2n) is 6.92. The van der Waals surface area contributed by atoms with Crippen molar-refractivity contribution in [2.24, 2.45) is 7.05 Å². The van der Waals surface area contributed by atoms with Gasteiger partial charge in [-0.3, -0.25) is 4.79 Å². The highest BCUT2D eigenvalue weighted by Gasteiger charge is 2.31. The first-order valence-corrected chi connectivity index (χ1v) is 8.93. The molecule has 1 aliphatic carbocycles. The summed E-state index contributed by atoms with van der Waals surface area (Å²) in [5.41, 5.74) is 3.61. The zero-order chi connectivity index (χ0) is 18.5. The molecule has 1 aliphatic rings. The smallest absolute Gasteiger partial charge is 0.275 e. The van der Waals surface area contributed by atoms with E-state index in [1.165, 1.54) is 0 Å². The normalized spacial score (nSPS) is 14.0. The Balaban J connectivity index is 1.77. The van der Waals surface area contributed by atoms with E-state index in [0.29, 0.717) is 23.1 Å². The van der Waals surface area contributed by atoms with E-state index in [2.05, 4.69) is 15.1 Å². The summed E-state index contributed by atoms with van der Waals surface area (Å²) in [7, 11) is 3.53. The van der Waals surface area contributed by atoms with Crippen molar-refractivity contribution in [3.8, 4) is 28.5 Å². The van der Waals surface area contributed by atoms with Gasteiger partial charge in [0.1, 0.15) is 11.3 Å². The van der Waals surface area contributed by atoms with Crippen LogP contribution in [0.2, 0.25) is 0 Å². The van der Waals surface area contributed by atoms with Crippen molar-refractivity contribution in [1.29, 1.82) is 0 Å². The van der Waals surface area contributed by atoms with Gasteiger partial charge in [0.2, 0.25) is 0 Å². The van der Waals surface area contributed by atoms with Crippen LogP contribution in [0.5, 0.6) is 5.75 Å². The predicted molar refractivity (Wildman–Crippen MR) is 102 cm³/mol. The number of ether oxygens (including phenoxy) is 1. The molecule has 1 saturated carbocycles. The zero-order valence-electron chi connectivity index (χ0n) is 15.1. The molecule has 7 heteroatoms. The number of nitrogens with zero attached hydrogens (tertiary/aromatic N) is 4. The number of H-pyrrole nitrogens is 1. The number of nitrogens with one attached hydrogen (secondary N) is 1. The summed E-state index contributed by atoms with van der Waals surface area (Å²) in [5.74, 6) is 2.27. The topological polar surface area (TPSA) is 77.2 Å². The van der Waals surface area contributed by atoms with Gasteiger partial charge in [0.05, 0.1) is 7.11 Å². The highest BCUT2D eigenvalue weighted by Crippen LogP contribution is 2.46. The molecule has 136 valence electrons. The number of fused-ring (bicyclic) bond motifs is 1. The summed E-state index contributed by atoms with van der Waals surface area (Å²) < 4.78 is 8.90. The zero-order valence-corrected chi connectivity index (χ0v) is 15.1. The van der Waals surface area contributed by atoms with Gasteiger partial charge in [-0.15, -0.1) is 5.10 Å².